The Hall–Kier alpha value is -1.98. The number of aromatic amines is 1. The second-order valence-electron chi connectivity index (χ2n) is 11.0. The minimum Gasteiger partial charge on any atom is -0.497 e. The second-order valence-corrected chi connectivity index (χ2v) is 12.3. The van der Waals surface area contributed by atoms with Gasteiger partial charge in [-0.1, -0.05) is 34.1 Å². The Bertz CT molecular complexity index is 1280. The molecule has 1 saturated heterocycles. The molecule has 2 unspecified atom stereocenters. The van der Waals surface area contributed by atoms with Crippen LogP contribution < -0.4 is 4.74 Å². The molecule has 176 valence electrons. The number of alkyl halides is 1. The standard InChI is InChI=1S/C28H28BrClN2O2/c1-34-18-6-7-22-20(11-18)23(25(31-22)19-4-2-3-5-21(19)29)26-24(30)27(33)32(26)28-12-15-8-16(13-28)10-17(9-15)14-28/h2-7,11,15-17,24,26,31H,8-10,12-14H2,1H3. The summed E-state index contributed by atoms with van der Waals surface area (Å²) in [4.78, 5) is 19.4. The van der Waals surface area contributed by atoms with Gasteiger partial charge in [-0.3, -0.25) is 4.79 Å². The molecule has 3 aromatic rings. The molecule has 1 N–H and O–H groups in total. The van der Waals surface area contributed by atoms with Crippen molar-refractivity contribution in [3.05, 3.63) is 52.5 Å². The molecule has 2 heterocycles. The highest BCUT2D eigenvalue weighted by molar-refractivity contribution is 9.10. The van der Waals surface area contributed by atoms with Gasteiger partial charge in [0.2, 0.25) is 5.91 Å². The summed E-state index contributed by atoms with van der Waals surface area (Å²) in [5, 5.41) is 0.544. The van der Waals surface area contributed by atoms with Crippen LogP contribution in [0.5, 0.6) is 5.75 Å². The van der Waals surface area contributed by atoms with E-state index in [1.165, 1.54) is 19.3 Å². The Labute approximate surface area is 213 Å². The number of hydrogen-bond donors (Lipinski definition) is 1. The SMILES string of the molecule is COc1ccc2[nH]c(-c3ccccc3Br)c(C3C(Cl)C(=O)N3C34CC5CC(CC(C5)C3)C4)c2c1. The summed E-state index contributed by atoms with van der Waals surface area (Å²) in [5.41, 5.74) is 4.25. The number of hydrogen-bond acceptors (Lipinski definition) is 2. The van der Waals surface area contributed by atoms with Gasteiger partial charge in [0.25, 0.3) is 0 Å². The molecule has 4 nitrogen and oxygen atoms in total. The Morgan fingerprint density at radius 1 is 1.06 bits per heavy atom. The van der Waals surface area contributed by atoms with Crippen LogP contribution in [-0.2, 0) is 4.79 Å². The lowest BCUT2D eigenvalue weighted by molar-refractivity contribution is -0.175. The molecule has 34 heavy (non-hydrogen) atoms. The number of H-pyrrole nitrogens is 1. The van der Waals surface area contributed by atoms with Crippen LogP contribution in [0.2, 0.25) is 0 Å². The van der Waals surface area contributed by atoms with E-state index in [1.54, 1.807) is 7.11 Å². The largest absolute Gasteiger partial charge is 0.497 e. The number of nitrogens with one attached hydrogen (secondary N) is 1. The van der Waals surface area contributed by atoms with E-state index in [9.17, 15) is 4.79 Å². The molecular weight excluding hydrogens is 512 g/mol. The first-order valence-corrected chi connectivity index (χ1v) is 13.6. The first-order valence-electron chi connectivity index (χ1n) is 12.4. The highest BCUT2D eigenvalue weighted by Gasteiger charge is 2.62. The van der Waals surface area contributed by atoms with Crippen molar-refractivity contribution in [3.63, 3.8) is 0 Å². The van der Waals surface area contributed by atoms with Gasteiger partial charge in [-0.25, -0.2) is 0 Å². The van der Waals surface area contributed by atoms with Gasteiger partial charge in [0.15, 0.2) is 0 Å². The van der Waals surface area contributed by atoms with Crippen molar-refractivity contribution in [1.29, 1.82) is 0 Å². The maximum Gasteiger partial charge on any atom is 0.244 e. The molecule has 0 radical (unpaired) electrons. The molecule has 5 aliphatic rings. The zero-order valence-corrected chi connectivity index (χ0v) is 21.5. The maximum atomic E-state index is 13.5. The van der Waals surface area contributed by atoms with Crippen molar-refractivity contribution in [1.82, 2.24) is 9.88 Å². The van der Waals surface area contributed by atoms with E-state index in [2.05, 4.69) is 56.1 Å². The zero-order chi connectivity index (χ0) is 23.2. The number of halogens is 2. The number of fused-ring (bicyclic) bond motifs is 1. The summed E-state index contributed by atoms with van der Waals surface area (Å²) in [6.45, 7) is 0. The molecule has 4 bridgehead atoms. The lowest BCUT2D eigenvalue weighted by atomic mass is 9.51. The van der Waals surface area contributed by atoms with Crippen LogP contribution >= 0.6 is 27.5 Å². The number of ether oxygens (including phenoxy) is 1. The second kappa shape index (κ2) is 7.51. The number of benzene rings is 2. The van der Waals surface area contributed by atoms with Gasteiger partial charge in [0, 0.05) is 32.0 Å². The van der Waals surface area contributed by atoms with E-state index in [-0.39, 0.29) is 17.5 Å². The third-order valence-corrected chi connectivity index (χ3v) is 10.1. The van der Waals surface area contributed by atoms with Gasteiger partial charge in [-0.2, -0.15) is 0 Å². The molecule has 0 spiro atoms. The lowest BCUT2D eigenvalue weighted by Crippen LogP contribution is -2.70. The Balaban J connectivity index is 1.42. The van der Waals surface area contributed by atoms with Crippen molar-refractivity contribution in [2.24, 2.45) is 17.8 Å². The number of carbonyl (C=O) groups excluding carboxylic acids is 1. The van der Waals surface area contributed by atoms with E-state index >= 15 is 0 Å². The highest BCUT2D eigenvalue weighted by Crippen LogP contribution is 2.62. The molecule has 8 rings (SSSR count). The van der Waals surface area contributed by atoms with Crippen LogP contribution in [0.3, 0.4) is 0 Å². The smallest absolute Gasteiger partial charge is 0.244 e. The fraction of sp³-hybridized carbons (Fsp3) is 0.464. The van der Waals surface area contributed by atoms with Crippen LogP contribution in [0, 0.1) is 17.8 Å². The molecule has 6 heteroatoms. The van der Waals surface area contributed by atoms with Crippen LogP contribution in [0.25, 0.3) is 22.2 Å². The van der Waals surface area contributed by atoms with E-state index in [4.69, 9.17) is 16.3 Å². The van der Waals surface area contributed by atoms with E-state index < -0.39 is 5.38 Å². The molecule has 2 atom stereocenters. The molecular formula is C28H28BrClN2O2. The molecule has 5 fully saturated rings. The number of likely N-dealkylation sites (tertiary alicyclic amines) is 1. The first kappa shape index (κ1) is 21.3. The Morgan fingerprint density at radius 2 is 1.74 bits per heavy atom. The Kier molecular flexibility index (Phi) is 4.71. The van der Waals surface area contributed by atoms with Crippen molar-refractivity contribution in [2.75, 3.05) is 7.11 Å². The number of rotatable bonds is 4. The number of nitrogens with zero attached hydrogens (tertiary/aromatic N) is 1. The molecule has 4 aliphatic carbocycles. The van der Waals surface area contributed by atoms with Gasteiger partial charge in [0.1, 0.15) is 11.1 Å². The quantitative estimate of drug-likeness (QED) is 0.285. The van der Waals surface area contributed by atoms with Crippen molar-refractivity contribution < 1.29 is 9.53 Å². The fourth-order valence-corrected chi connectivity index (χ4v) is 8.95. The van der Waals surface area contributed by atoms with Crippen LogP contribution in [-0.4, -0.2) is 33.8 Å². The fourth-order valence-electron chi connectivity index (χ4n) is 8.12. The normalized spacial score (nSPS) is 34.0. The van der Waals surface area contributed by atoms with E-state index in [1.807, 2.05) is 12.1 Å². The molecule has 1 aliphatic heterocycles. The Morgan fingerprint density at radius 3 is 2.38 bits per heavy atom. The monoisotopic (exact) mass is 538 g/mol. The highest BCUT2D eigenvalue weighted by atomic mass is 79.9. The predicted octanol–water partition coefficient (Wildman–Crippen LogP) is 7.07. The molecule has 2 aromatic carbocycles. The van der Waals surface area contributed by atoms with Crippen LogP contribution in [0.4, 0.5) is 0 Å². The third-order valence-electron chi connectivity index (χ3n) is 9.03. The minimum absolute atomic E-state index is 0.0322. The van der Waals surface area contributed by atoms with E-state index in [0.29, 0.717) is 0 Å². The average molecular weight is 540 g/mol. The summed E-state index contributed by atoms with van der Waals surface area (Å²) in [5.74, 6) is 3.22. The van der Waals surface area contributed by atoms with Crippen molar-refractivity contribution >= 4 is 44.3 Å². The van der Waals surface area contributed by atoms with Crippen molar-refractivity contribution in [3.8, 4) is 17.0 Å². The summed E-state index contributed by atoms with van der Waals surface area (Å²) >= 11 is 10.7. The van der Waals surface area contributed by atoms with Gasteiger partial charge >= 0.3 is 0 Å². The topological polar surface area (TPSA) is 45.3 Å². The summed E-state index contributed by atoms with van der Waals surface area (Å²) in [7, 11) is 1.70. The van der Waals surface area contributed by atoms with Gasteiger partial charge in [0.05, 0.1) is 18.8 Å². The molecule has 4 saturated carbocycles. The lowest BCUT2D eigenvalue weighted by Gasteiger charge is -2.65. The zero-order valence-electron chi connectivity index (χ0n) is 19.2. The first-order chi connectivity index (χ1) is 16.5. The number of carbonyl (C=O) groups is 1. The summed E-state index contributed by atoms with van der Waals surface area (Å²) in [6.07, 6.45) is 7.47. The van der Waals surface area contributed by atoms with Gasteiger partial charge < -0.3 is 14.6 Å². The van der Waals surface area contributed by atoms with E-state index in [0.717, 1.165) is 75.0 Å². The summed E-state index contributed by atoms with van der Waals surface area (Å²) < 4.78 is 6.61. The molecule has 1 aromatic heterocycles. The molecule has 1 amide bonds. The average Bonchev–Trinajstić information content (AvgIpc) is 3.18. The number of amides is 1. The van der Waals surface area contributed by atoms with Gasteiger partial charge in [-0.05, 0) is 80.5 Å². The number of aromatic nitrogens is 1. The van der Waals surface area contributed by atoms with Crippen LogP contribution in [0.15, 0.2) is 46.9 Å². The predicted molar refractivity (Wildman–Crippen MR) is 138 cm³/mol. The number of β-lactam (4-membered cyclic amide) rings is 1. The van der Waals surface area contributed by atoms with Gasteiger partial charge in [-0.15, -0.1) is 11.6 Å². The minimum atomic E-state index is -0.542. The summed E-state index contributed by atoms with van der Waals surface area (Å²) in [6, 6.07) is 14.2. The van der Waals surface area contributed by atoms with Crippen LogP contribution in [0.1, 0.15) is 50.1 Å². The van der Waals surface area contributed by atoms with Crippen molar-refractivity contribution in [2.45, 2.75) is 55.5 Å². The third kappa shape index (κ3) is 2.92. The number of methoxy groups -OCH3 is 1. The maximum absolute atomic E-state index is 13.5.